The lowest BCUT2D eigenvalue weighted by molar-refractivity contribution is -0.148. The van der Waals surface area contributed by atoms with Crippen LogP contribution in [0.15, 0.2) is 54.6 Å². The number of rotatable bonds is 7. The smallest absolute Gasteiger partial charge is 0.247 e. The number of hydrogen-bond donors (Lipinski definition) is 1. The van der Waals surface area contributed by atoms with Crippen molar-refractivity contribution >= 4 is 29.5 Å². The summed E-state index contributed by atoms with van der Waals surface area (Å²) in [6.07, 6.45) is 9.00. The van der Waals surface area contributed by atoms with Crippen LogP contribution in [0.3, 0.4) is 0 Å². The second-order valence-corrected chi connectivity index (χ2v) is 12.4. The van der Waals surface area contributed by atoms with Gasteiger partial charge in [0.15, 0.2) is 0 Å². The molecule has 0 radical (unpaired) electrons. The quantitative estimate of drug-likeness (QED) is 0.556. The van der Waals surface area contributed by atoms with E-state index in [1.807, 2.05) is 74.2 Å². The lowest BCUT2D eigenvalue weighted by Crippen LogP contribution is -2.57. The van der Waals surface area contributed by atoms with Gasteiger partial charge in [0, 0.05) is 31.4 Å². The maximum atomic E-state index is 14.4. The molecule has 5 rings (SSSR count). The van der Waals surface area contributed by atoms with E-state index >= 15 is 0 Å². The van der Waals surface area contributed by atoms with Crippen molar-refractivity contribution in [1.29, 1.82) is 0 Å². The molecule has 4 aliphatic heterocycles. The largest absolute Gasteiger partial charge is 0.394 e. The molecule has 4 aliphatic rings. The first kappa shape index (κ1) is 26.0. The Morgan fingerprint density at radius 1 is 1.03 bits per heavy atom. The fraction of sp³-hybridized carbons (Fsp3) is 0.552. The molecular formula is C29H37N3O4S. The summed E-state index contributed by atoms with van der Waals surface area (Å²) in [5, 5.41) is 10.2. The third-order valence-corrected chi connectivity index (χ3v) is 10.0. The van der Waals surface area contributed by atoms with Crippen LogP contribution in [0.25, 0.3) is 0 Å². The Morgan fingerprint density at radius 3 is 2.43 bits per heavy atom. The van der Waals surface area contributed by atoms with Crippen molar-refractivity contribution in [3.8, 4) is 0 Å². The third kappa shape index (κ3) is 4.22. The number of hydrogen-bond acceptors (Lipinski definition) is 5. The van der Waals surface area contributed by atoms with Gasteiger partial charge in [0.25, 0.3) is 0 Å². The molecule has 6 atom stereocenters. The summed E-state index contributed by atoms with van der Waals surface area (Å²) >= 11 is 1.59. The third-order valence-electron chi connectivity index (χ3n) is 8.29. The number of carbonyl (C=O) groups excluding carboxylic acids is 3. The van der Waals surface area contributed by atoms with E-state index < -0.39 is 28.7 Å². The molecule has 0 bridgehead atoms. The Balaban J connectivity index is 1.60. The molecule has 1 spiro atoms. The molecular weight excluding hydrogens is 486 g/mol. The molecule has 198 valence electrons. The van der Waals surface area contributed by atoms with Crippen molar-refractivity contribution in [1.82, 2.24) is 14.7 Å². The van der Waals surface area contributed by atoms with E-state index in [1.54, 1.807) is 21.6 Å². The highest BCUT2D eigenvalue weighted by atomic mass is 32.2. The SMILES string of the molecule is CCCN1CC=C[C@H]2S[C@]34C=CCN(Cc5ccccc5)C(=O)C3N([C@@H](CO)C(C)C)C(=O)[C@@H]4[C@H]2C1=O. The second kappa shape index (κ2) is 10.3. The van der Waals surface area contributed by atoms with Gasteiger partial charge in [0.1, 0.15) is 6.04 Å². The van der Waals surface area contributed by atoms with Gasteiger partial charge in [0.2, 0.25) is 17.7 Å². The Kier molecular flexibility index (Phi) is 7.24. The predicted molar refractivity (Wildman–Crippen MR) is 144 cm³/mol. The number of fused-ring (bicyclic) bond motifs is 2. The van der Waals surface area contributed by atoms with E-state index in [0.29, 0.717) is 26.2 Å². The molecule has 4 heterocycles. The maximum Gasteiger partial charge on any atom is 0.247 e. The van der Waals surface area contributed by atoms with E-state index in [1.165, 1.54) is 0 Å². The molecule has 0 aromatic heterocycles. The van der Waals surface area contributed by atoms with Crippen LogP contribution >= 0.6 is 11.8 Å². The zero-order valence-corrected chi connectivity index (χ0v) is 22.6. The van der Waals surface area contributed by atoms with Gasteiger partial charge in [-0.25, -0.2) is 0 Å². The minimum atomic E-state index is -0.855. The highest BCUT2D eigenvalue weighted by molar-refractivity contribution is 8.02. The van der Waals surface area contributed by atoms with E-state index in [9.17, 15) is 19.5 Å². The lowest BCUT2D eigenvalue weighted by Gasteiger charge is -2.39. The average Bonchev–Trinajstić information content (AvgIpc) is 3.20. The van der Waals surface area contributed by atoms with Gasteiger partial charge in [0.05, 0.1) is 29.2 Å². The summed E-state index contributed by atoms with van der Waals surface area (Å²) in [6.45, 7) is 7.81. The molecule has 2 saturated heterocycles. The zero-order chi connectivity index (χ0) is 26.3. The van der Waals surface area contributed by atoms with Crippen LogP contribution in [0.1, 0.15) is 32.8 Å². The van der Waals surface area contributed by atoms with Gasteiger partial charge in [-0.2, -0.15) is 0 Å². The summed E-state index contributed by atoms with van der Waals surface area (Å²) in [5.74, 6) is -1.52. The van der Waals surface area contributed by atoms with Gasteiger partial charge < -0.3 is 19.8 Å². The molecule has 7 nitrogen and oxygen atoms in total. The lowest BCUT2D eigenvalue weighted by atomic mass is 9.78. The van der Waals surface area contributed by atoms with E-state index in [-0.39, 0.29) is 35.5 Å². The van der Waals surface area contributed by atoms with Crippen molar-refractivity contribution in [2.24, 2.45) is 17.8 Å². The first-order valence-corrected chi connectivity index (χ1v) is 14.3. The highest BCUT2D eigenvalue weighted by Gasteiger charge is 2.71. The fourth-order valence-electron chi connectivity index (χ4n) is 6.57. The minimum absolute atomic E-state index is 0.00323. The number of carbonyl (C=O) groups is 3. The number of likely N-dealkylation sites (tertiary alicyclic amines) is 1. The van der Waals surface area contributed by atoms with Crippen molar-refractivity contribution < 1.29 is 19.5 Å². The van der Waals surface area contributed by atoms with Crippen molar-refractivity contribution in [2.45, 2.75) is 55.8 Å². The zero-order valence-electron chi connectivity index (χ0n) is 21.8. The Hall–Kier alpha value is -2.58. The first-order valence-electron chi connectivity index (χ1n) is 13.4. The first-order chi connectivity index (χ1) is 17.8. The minimum Gasteiger partial charge on any atom is -0.394 e. The van der Waals surface area contributed by atoms with Gasteiger partial charge in [-0.05, 0) is 17.9 Å². The number of aliphatic hydroxyl groups is 1. The van der Waals surface area contributed by atoms with E-state index in [4.69, 9.17) is 0 Å². The topological polar surface area (TPSA) is 81.2 Å². The van der Waals surface area contributed by atoms with Gasteiger partial charge in [-0.1, -0.05) is 75.4 Å². The van der Waals surface area contributed by atoms with E-state index in [0.717, 1.165) is 12.0 Å². The van der Waals surface area contributed by atoms with Crippen molar-refractivity contribution in [3.05, 3.63) is 60.2 Å². The molecule has 2 fully saturated rings. The van der Waals surface area contributed by atoms with Crippen molar-refractivity contribution in [3.63, 3.8) is 0 Å². The number of nitrogens with zero attached hydrogens (tertiary/aromatic N) is 3. The maximum absolute atomic E-state index is 14.4. The summed E-state index contributed by atoms with van der Waals surface area (Å²) in [4.78, 5) is 47.9. The Morgan fingerprint density at radius 2 is 1.76 bits per heavy atom. The van der Waals surface area contributed by atoms with Crippen LogP contribution in [-0.2, 0) is 20.9 Å². The average molecular weight is 524 g/mol. The Bertz CT molecular complexity index is 1110. The second-order valence-electron chi connectivity index (χ2n) is 10.9. The molecule has 1 aromatic rings. The molecule has 1 N–H and O–H groups in total. The molecule has 37 heavy (non-hydrogen) atoms. The molecule has 1 aromatic carbocycles. The van der Waals surface area contributed by atoms with Crippen LogP contribution in [0.5, 0.6) is 0 Å². The Labute approximate surface area is 223 Å². The molecule has 3 amide bonds. The molecule has 8 heteroatoms. The number of aliphatic hydroxyl groups excluding tert-OH is 1. The summed E-state index contributed by atoms with van der Waals surface area (Å²) in [7, 11) is 0. The van der Waals surface area contributed by atoms with E-state index in [2.05, 4.69) is 6.08 Å². The normalized spacial score (nSPS) is 31.9. The molecule has 0 aliphatic carbocycles. The van der Waals surface area contributed by atoms with Crippen LogP contribution < -0.4 is 0 Å². The highest BCUT2D eigenvalue weighted by Crippen LogP contribution is 2.61. The van der Waals surface area contributed by atoms with Gasteiger partial charge >= 0.3 is 0 Å². The summed E-state index contributed by atoms with van der Waals surface area (Å²) in [5.41, 5.74) is 1.02. The van der Waals surface area contributed by atoms with Gasteiger partial charge in [-0.3, -0.25) is 14.4 Å². The number of amides is 3. The predicted octanol–water partition coefficient (Wildman–Crippen LogP) is 2.71. The summed E-state index contributed by atoms with van der Waals surface area (Å²) in [6, 6.07) is 8.58. The number of benzene rings is 1. The fourth-order valence-corrected chi connectivity index (χ4v) is 8.56. The van der Waals surface area contributed by atoms with Crippen LogP contribution in [0.2, 0.25) is 0 Å². The van der Waals surface area contributed by atoms with Crippen LogP contribution in [0.4, 0.5) is 0 Å². The van der Waals surface area contributed by atoms with Crippen LogP contribution in [-0.4, -0.2) is 85.8 Å². The monoisotopic (exact) mass is 523 g/mol. The molecule has 0 saturated carbocycles. The summed E-state index contributed by atoms with van der Waals surface area (Å²) < 4.78 is -0.855. The standard InChI is InChI=1S/C29H37N3O4S/c1-4-14-30-15-8-12-22-23(26(30)34)24-27(35)32(21(18-33)19(2)3)25-28(36)31(16-9-13-29(24,25)37-22)17-20-10-6-5-7-11-20/h5-13,19,21-25,33H,4,14-18H2,1-3H3/t21-,22+,23-,24-,25?,29-/m0/s1. The van der Waals surface area contributed by atoms with Gasteiger partial charge in [-0.15, -0.1) is 11.8 Å². The van der Waals surface area contributed by atoms with Crippen LogP contribution in [0, 0.1) is 17.8 Å². The van der Waals surface area contributed by atoms with Crippen molar-refractivity contribution in [2.75, 3.05) is 26.2 Å². The molecule has 1 unspecified atom stereocenters. The number of thioether (sulfide) groups is 1.